The van der Waals surface area contributed by atoms with Gasteiger partial charge in [0.25, 0.3) is 0 Å². The molecule has 0 bridgehead atoms. The van der Waals surface area contributed by atoms with Gasteiger partial charge in [-0.2, -0.15) is 0 Å². The summed E-state index contributed by atoms with van der Waals surface area (Å²) >= 11 is 0. The first-order chi connectivity index (χ1) is 8.11. The van der Waals surface area contributed by atoms with E-state index in [4.69, 9.17) is 5.11 Å². The van der Waals surface area contributed by atoms with Crippen molar-refractivity contribution in [2.24, 2.45) is 5.41 Å². The van der Waals surface area contributed by atoms with Crippen LogP contribution in [0.4, 0.5) is 4.79 Å². The highest BCUT2D eigenvalue weighted by atomic mass is 16.4. The van der Waals surface area contributed by atoms with Gasteiger partial charge in [0.05, 0.1) is 0 Å². The van der Waals surface area contributed by atoms with Crippen LogP contribution in [0.25, 0.3) is 0 Å². The van der Waals surface area contributed by atoms with E-state index in [0.717, 1.165) is 0 Å². The van der Waals surface area contributed by atoms with Crippen LogP contribution < -0.4 is 5.32 Å². The van der Waals surface area contributed by atoms with Crippen molar-refractivity contribution in [3.8, 4) is 0 Å². The van der Waals surface area contributed by atoms with Gasteiger partial charge >= 0.3 is 12.0 Å². The maximum atomic E-state index is 12.0. The number of nitrogens with zero attached hydrogens (tertiary/aromatic N) is 1. The molecule has 2 amide bonds. The van der Waals surface area contributed by atoms with E-state index in [-0.39, 0.29) is 12.1 Å². The van der Waals surface area contributed by atoms with E-state index in [1.54, 1.807) is 26.8 Å². The second kappa shape index (κ2) is 6.42. The van der Waals surface area contributed by atoms with Gasteiger partial charge in [0, 0.05) is 12.6 Å². The van der Waals surface area contributed by atoms with Crippen molar-refractivity contribution in [1.82, 2.24) is 10.2 Å². The fourth-order valence-corrected chi connectivity index (χ4v) is 1.52. The number of carbonyl (C=O) groups excluding carboxylic acids is 1. The van der Waals surface area contributed by atoms with Gasteiger partial charge in [-0.15, -0.1) is 6.58 Å². The molecule has 0 aliphatic heterocycles. The molecule has 0 aromatic heterocycles. The second-order valence-electron chi connectivity index (χ2n) is 5.62. The first kappa shape index (κ1) is 16.5. The number of rotatable bonds is 5. The van der Waals surface area contributed by atoms with Crippen LogP contribution in [-0.2, 0) is 4.79 Å². The fourth-order valence-electron chi connectivity index (χ4n) is 1.52. The second-order valence-corrected chi connectivity index (χ2v) is 5.62. The fraction of sp³-hybridized carbons (Fsp3) is 0.692. The van der Waals surface area contributed by atoms with Crippen molar-refractivity contribution in [2.45, 2.75) is 46.7 Å². The van der Waals surface area contributed by atoms with Gasteiger partial charge in [-0.25, -0.2) is 9.59 Å². The molecule has 2 N–H and O–H groups in total. The molecule has 0 unspecified atom stereocenters. The summed E-state index contributed by atoms with van der Waals surface area (Å²) in [6, 6.07) is -1.32. The van der Waals surface area contributed by atoms with E-state index >= 15 is 0 Å². The maximum absolute atomic E-state index is 12.0. The molecule has 0 fully saturated rings. The molecular formula is C13H24N2O3. The summed E-state index contributed by atoms with van der Waals surface area (Å²) in [5.41, 5.74) is -0.543. The number of carbonyl (C=O) groups is 2. The summed E-state index contributed by atoms with van der Waals surface area (Å²) in [6.07, 6.45) is 1.62. The summed E-state index contributed by atoms with van der Waals surface area (Å²) in [5.74, 6) is -1.03. The first-order valence-electron chi connectivity index (χ1n) is 6.02. The molecule has 1 atom stereocenters. The van der Waals surface area contributed by atoms with Crippen LogP contribution in [0.2, 0.25) is 0 Å². The van der Waals surface area contributed by atoms with Crippen LogP contribution in [-0.4, -0.2) is 40.6 Å². The Morgan fingerprint density at radius 3 is 2.17 bits per heavy atom. The molecule has 104 valence electrons. The van der Waals surface area contributed by atoms with Crippen LogP contribution in [0.5, 0.6) is 0 Å². The van der Waals surface area contributed by atoms with Crippen molar-refractivity contribution in [2.75, 3.05) is 6.54 Å². The zero-order valence-corrected chi connectivity index (χ0v) is 11.9. The lowest BCUT2D eigenvalue weighted by Gasteiger charge is -2.32. The van der Waals surface area contributed by atoms with Gasteiger partial charge in [-0.05, 0) is 19.3 Å². The van der Waals surface area contributed by atoms with E-state index in [0.29, 0.717) is 6.54 Å². The van der Waals surface area contributed by atoms with Crippen molar-refractivity contribution in [1.29, 1.82) is 0 Å². The summed E-state index contributed by atoms with van der Waals surface area (Å²) in [5, 5.41) is 11.7. The standard InChI is InChI=1S/C13H24N2O3/c1-7-8-15(9(2)3)12(18)14-10(11(16)17)13(4,5)6/h7,9-10H,1,8H2,2-6H3,(H,14,18)(H,16,17)/t10-/m1/s1. The van der Waals surface area contributed by atoms with Gasteiger partial charge < -0.3 is 15.3 Å². The number of nitrogens with one attached hydrogen (secondary N) is 1. The number of hydrogen-bond acceptors (Lipinski definition) is 2. The average Bonchev–Trinajstić information content (AvgIpc) is 2.19. The van der Waals surface area contributed by atoms with Crippen molar-refractivity contribution < 1.29 is 14.7 Å². The van der Waals surface area contributed by atoms with Gasteiger partial charge in [0.2, 0.25) is 0 Å². The van der Waals surface area contributed by atoms with Gasteiger partial charge in [-0.1, -0.05) is 26.8 Å². The number of urea groups is 1. The molecule has 0 rings (SSSR count). The predicted octanol–water partition coefficient (Wildman–Crippen LogP) is 2.09. The Morgan fingerprint density at radius 1 is 1.39 bits per heavy atom. The minimum Gasteiger partial charge on any atom is -0.480 e. The van der Waals surface area contributed by atoms with Crippen molar-refractivity contribution in [3.05, 3.63) is 12.7 Å². The van der Waals surface area contributed by atoms with Crippen LogP contribution in [0, 0.1) is 5.41 Å². The molecule has 0 radical (unpaired) electrons. The van der Waals surface area contributed by atoms with E-state index in [9.17, 15) is 9.59 Å². The Morgan fingerprint density at radius 2 is 1.89 bits per heavy atom. The molecule has 0 heterocycles. The maximum Gasteiger partial charge on any atom is 0.326 e. The van der Waals surface area contributed by atoms with E-state index in [2.05, 4.69) is 11.9 Å². The summed E-state index contributed by atoms with van der Waals surface area (Å²) in [7, 11) is 0. The Hall–Kier alpha value is -1.52. The smallest absolute Gasteiger partial charge is 0.326 e. The molecule has 5 heteroatoms. The van der Waals surface area contributed by atoms with Gasteiger partial charge in [0.15, 0.2) is 0 Å². The molecule has 0 spiro atoms. The molecule has 0 aliphatic carbocycles. The van der Waals surface area contributed by atoms with Crippen molar-refractivity contribution >= 4 is 12.0 Å². The van der Waals surface area contributed by atoms with Crippen molar-refractivity contribution in [3.63, 3.8) is 0 Å². The zero-order chi connectivity index (χ0) is 14.5. The van der Waals surface area contributed by atoms with Gasteiger partial charge in [0.1, 0.15) is 6.04 Å². The number of carboxylic acids is 1. The zero-order valence-electron chi connectivity index (χ0n) is 11.9. The monoisotopic (exact) mass is 256 g/mol. The predicted molar refractivity (Wildman–Crippen MR) is 71.4 cm³/mol. The molecule has 0 aromatic rings. The van der Waals surface area contributed by atoms with Crippen LogP contribution in [0.15, 0.2) is 12.7 Å². The number of amides is 2. The molecule has 0 aliphatic rings. The number of aliphatic carboxylic acids is 1. The molecule has 0 aromatic carbocycles. The Labute approximate surface area is 109 Å². The third-order valence-corrected chi connectivity index (χ3v) is 2.59. The minimum absolute atomic E-state index is 0.0163. The Bertz CT molecular complexity index is 319. The van der Waals surface area contributed by atoms with Crippen LogP contribution in [0.3, 0.4) is 0 Å². The Kier molecular flexibility index (Phi) is 5.88. The third-order valence-electron chi connectivity index (χ3n) is 2.59. The number of hydrogen-bond donors (Lipinski definition) is 2. The largest absolute Gasteiger partial charge is 0.480 e. The summed E-state index contributed by atoms with van der Waals surface area (Å²) < 4.78 is 0. The Balaban J connectivity index is 4.88. The lowest BCUT2D eigenvalue weighted by molar-refractivity contribution is -0.142. The highest BCUT2D eigenvalue weighted by Gasteiger charge is 2.33. The molecule has 18 heavy (non-hydrogen) atoms. The highest BCUT2D eigenvalue weighted by molar-refractivity contribution is 5.83. The summed E-state index contributed by atoms with van der Waals surface area (Å²) in [4.78, 5) is 24.8. The van der Waals surface area contributed by atoms with Crippen LogP contribution in [0.1, 0.15) is 34.6 Å². The first-order valence-corrected chi connectivity index (χ1v) is 6.02. The quantitative estimate of drug-likeness (QED) is 0.740. The molecular weight excluding hydrogens is 232 g/mol. The van der Waals surface area contributed by atoms with Crippen LogP contribution >= 0.6 is 0 Å². The van der Waals surface area contributed by atoms with E-state index in [1.165, 1.54) is 4.90 Å². The molecule has 5 nitrogen and oxygen atoms in total. The summed E-state index contributed by atoms with van der Waals surface area (Å²) in [6.45, 7) is 13.1. The molecule has 0 saturated carbocycles. The van der Waals surface area contributed by atoms with E-state index < -0.39 is 17.4 Å². The average molecular weight is 256 g/mol. The lowest BCUT2D eigenvalue weighted by Crippen LogP contribution is -2.54. The highest BCUT2D eigenvalue weighted by Crippen LogP contribution is 2.19. The minimum atomic E-state index is -1.03. The topological polar surface area (TPSA) is 69.6 Å². The molecule has 0 saturated heterocycles. The SMILES string of the molecule is C=CCN(C(=O)N[C@H](C(=O)O)C(C)(C)C)C(C)C. The van der Waals surface area contributed by atoms with E-state index in [1.807, 2.05) is 13.8 Å². The number of carboxylic acid groups (broad SMARTS) is 1. The third kappa shape index (κ3) is 4.77. The normalized spacial score (nSPS) is 13.0. The van der Waals surface area contributed by atoms with Gasteiger partial charge in [-0.3, -0.25) is 0 Å². The lowest BCUT2D eigenvalue weighted by atomic mass is 9.87.